The van der Waals surface area contributed by atoms with Crippen LogP contribution in [0.5, 0.6) is 0 Å². The molecule has 0 aromatic heterocycles. The number of rotatable bonds is 2. The molecule has 0 aromatic carbocycles. The normalized spacial score (nSPS) is 29.7. The van der Waals surface area contributed by atoms with E-state index in [0.29, 0.717) is 6.61 Å². The first-order chi connectivity index (χ1) is 5.97. The first kappa shape index (κ1) is 10.7. The number of hydrogen-bond donors (Lipinski definition) is 0. The van der Waals surface area contributed by atoms with Crippen LogP contribution in [-0.4, -0.2) is 27.1 Å². The van der Waals surface area contributed by atoms with Crippen molar-refractivity contribution in [1.82, 2.24) is 0 Å². The van der Waals surface area contributed by atoms with Crippen molar-refractivity contribution < 1.29 is 9.16 Å². The highest BCUT2D eigenvalue weighted by Crippen LogP contribution is 2.26. The molecule has 0 bridgehead atoms. The van der Waals surface area contributed by atoms with Crippen molar-refractivity contribution in [2.24, 2.45) is 0 Å². The lowest BCUT2D eigenvalue weighted by Gasteiger charge is -2.36. The minimum atomic E-state index is -1.64. The summed E-state index contributed by atoms with van der Waals surface area (Å²) in [4.78, 5) is 0. The summed E-state index contributed by atoms with van der Waals surface area (Å²) < 4.78 is 11.2. The molecule has 4 heteroatoms. The van der Waals surface area contributed by atoms with Crippen LogP contribution < -0.4 is 0 Å². The van der Waals surface area contributed by atoms with Crippen LogP contribution in [0.4, 0.5) is 0 Å². The summed E-state index contributed by atoms with van der Waals surface area (Å²) in [5.41, 5.74) is -0.650. The van der Waals surface area contributed by atoms with Crippen LogP contribution in [0.3, 0.4) is 0 Å². The average Bonchev–Trinajstić information content (AvgIpc) is 2.03. The SMILES string of the molecule is C[Si](C)(C)OC1(C#N)CCCOC1. The molecule has 0 N–H and O–H groups in total. The Kier molecular flexibility index (Phi) is 3.12. The monoisotopic (exact) mass is 199 g/mol. The summed E-state index contributed by atoms with van der Waals surface area (Å²) in [7, 11) is -1.64. The third-order valence-electron chi connectivity index (χ3n) is 1.91. The van der Waals surface area contributed by atoms with Crippen LogP contribution in [0, 0.1) is 11.3 Å². The Morgan fingerprint density at radius 3 is 2.54 bits per heavy atom. The average molecular weight is 199 g/mol. The lowest BCUT2D eigenvalue weighted by molar-refractivity contribution is -0.0382. The summed E-state index contributed by atoms with van der Waals surface area (Å²) in [5, 5.41) is 9.07. The van der Waals surface area contributed by atoms with E-state index in [-0.39, 0.29) is 0 Å². The maximum absolute atomic E-state index is 9.07. The van der Waals surface area contributed by atoms with Gasteiger partial charge in [-0.15, -0.1) is 0 Å². The summed E-state index contributed by atoms with van der Waals surface area (Å²) in [6.07, 6.45) is 1.74. The molecule has 1 fully saturated rings. The third-order valence-corrected chi connectivity index (χ3v) is 2.91. The van der Waals surface area contributed by atoms with E-state index in [0.717, 1.165) is 19.4 Å². The first-order valence-corrected chi connectivity index (χ1v) is 8.07. The van der Waals surface area contributed by atoms with Crippen LogP contribution in [0.2, 0.25) is 19.6 Å². The van der Waals surface area contributed by atoms with Gasteiger partial charge in [-0.3, -0.25) is 0 Å². The van der Waals surface area contributed by atoms with E-state index < -0.39 is 13.9 Å². The van der Waals surface area contributed by atoms with Crippen molar-refractivity contribution in [3.05, 3.63) is 0 Å². The molecule has 74 valence electrons. The van der Waals surface area contributed by atoms with Gasteiger partial charge in [-0.05, 0) is 32.5 Å². The van der Waals surface area contributed by atoms with E-state index in [1.54, 1.807) is 0 Å². The van der Waals surface area contributed by atoms with Crippen molar-refractivity contribution in [3.63, 3.8) is 0 Å². The van der Waals surface area contributed by atoms with Gasteiger partial charge in [-0.2, -0.15) is 5.26 Å². The second kappa shape index (κ2) is 3.78. The highest BCUT2D eigenvalue weighted by Gasteiger charge is 2.38. The van der Waals surface area contributed by atoms with Gasteiger partial charge in [0.05, 0.1) is 12.7 Å². The second-order valence-electron chi connectivity index (χ2n) is 4.48. The Hall–Kier alpha value is -0.373. The second-order valence-corrected chi connectivity index (χ2v) is 8.91. The molecule has 0 spiro atoms. The van der Waals surface area contributed by atoms with Gasteiger partial charge in [-0.25, -0.2) is 0 Å². The van der Waals surface area contributed by atoms with Crippen molar-refractivity contribution in [2.45, 2.75) is 38.1 Å². The molecular formula is C9H17NO2Si. The van der Waals surface area contributed by atoms with Crippen LogP contribution in [0.1, 0.15) is 12.8 Å². The van der Waals surface area contributed by atoms with Crippen LogP contribution in [0.25, 0.3) is 0 Å². The zero-order valence-electron chi connectivity index (χ0n) is 8.59. The lowest BCUT2D eigenvalue weighted by Crippen LogP contribution is -2.47. The van der Waals surface area contributed by atoms with Crippen molar-refractivity contribution in [3.8, 4) is 6.07 Å². The molecule has 3 nitrogen and oxygen atoms in total. The minimum Gasteiger partial charge on any atom is -0.398 e. The van der Waals surface area contributed by atoms with Crippen molar-refractivity contribution in [2.75, 3.05) is 13.2 Å². The molecule has 1 saturated heterocycles. The van der Waals surface area contributed by atoms with Crippen LogP contribution in [0.15, 0.2) is 0 Å². The predicted octanol–water partition coefficient (Wildman–Crippen LogP) is 1.91. The van der Waals surface area contributed by atoms with E-state index in [1.807, 2.05) is 0 Å². The molecule has 0 saturated carbocycles. The fourth-order valence-electron chi connectivity index (χ4n) is 1.55. The van der Waals surface area contributed by atoms with Gasteiger partial charge in [0.2, 0.25) is 0 Å². The number of hydrogen-bond acceptors (Lipinski definition) is 3. The Morgan fingerprint density at radius 2 is 2.15 bits per heavy atom. The van der Waals surface area contributed by atoms with Gasteiger partial charge in [0.25, 0.3) is 0 Å². The summed E-state index contributed by atoms with van der Waals surface area (Å²) in [6, 6.07) is 2.26. The molecule has 1 aliphatic heterocycles. The highest BCUT2D eigenvalue weighted by atomic mass is 28.4. The van der Waals surface area contributed by atoms with E-state index >= 15 is 0 Å². The van der Waals surface area contributed by atoms with Crippen LogP contribution in [-0.2, 0) is 9.16 Å². The zero-order chi connectivity index (χ0) is 9.95. The van der Waals surface area contributed by atoms with Gasteiger partial charge in [0, 0.05) is 6.61 Å². The molecule has 1 heterocycles. The smallest absolute Gasteiger partial charge is 0.186 e. The number of nitriles is 1. The van der Waals surface area contributed by atoms with Gasteiger partial charge >= 0.3 is 0 Å². The molecular weight excluding hydrogens is 182 g/mol. The standard InChI is InChI=1S/C9H17NO2Si/c1-13(2,3)12-9(7-10)5-4-6-11-8-9/h4-6,8H2,1-3H3. The first-order valence-electron chi connectivity index (χ1n) is 4.67. The third kappa shape index (κ3) is 3.11. The van der Waals surface area contributed by atoms with Gasteiger partial charge in [0.1, 0.15) is 0 Å². The fourth-order valence-corrected chi connectivity index (χ4v) is 2.93. The summed E-state index contributed by atoms with van der Waals surface area (Å²) >= 11 is 0. The Bertz CT molecular complexity index is 211. The minimum absolute atomic E-state index is 0.438. The fraction of sp³-hybridized carbons (Fsp3) is 0.889. The van der Waals surface area contributed by atoms with Gasteiger partial charge in [-0.1, -0.05) is 0 Å². The van der Waals surface area contributed by atoms with E-state index in [4.69, 9.17) is 14.4 Å². The molecule has 1 aliphatic rings. The van der Waals surface area contributed by atoms with E-state index in [1.165, 1.54) is 0 Å². The van der Waals surface area contributed by atoms with Gasteiger partial charge in [0.15, 0.2) is 13.9 Å². The largest absolute Gasteiger partial charge is 0.398 e. The van der Waals surface area contributed by atoms with Crippen LogP contribution >= 0.6 is 0 Å². The number of nitrogens with zero attached hydrogens (tertiary/aromatic N) is 1. The quantitative estimate of drug-likeness (QED) is 0.638. The number of ether oxygens (including phenoxy) is 1. The van der Waals surface area contributed by atoms with E-state index in [2.05, 4.69) is 25.7 Å². The predicted molar refractivity (Wildman–Crippen MR) is 52.8 cm³/mol. The van der Waals surface area contributed by atoms with Gasteiger partial charge < -0.3 is 9.16 Å². The molecule has 1 atom stereocenters. The molecule has 13 heavy (non-hydrogen) atoms. The molecule has 0 aromatic rings. The summed E-state index contributed by atoms with van der Waals surface area (Å²) in [5.74, 6) is 0. The molecule has 1 unspecified atom stereocenters. The van der Waals surface area contributed by atoms with Crippen molar-refractivity contribution in [1.29, 1.82) is 5.26 Å². The molecule has 0 aliphatic carbocycles. The van der Waals surface area contributed by atoms with Crippen molar-refractivity contribution >= 4 is 8.32 Å². The zero-order valence-corrected chi connectivity index (χ0v) is 9.59. The lowest BCUT2D eigenvalue weighted by atomic mass is 9.99. The highest BCUT2D eigenvalue weighted by molar-refractivity contribution is 6.69. The molecule has 0 radical (unpaired) electrons. The maximum atomic E-state index is 9.07. The molecule has 0 amide bonds. The Morgan fingerprint density at radius 1 is 1.46 bits per heavy atom. The maximum Gasteiger partial charge on any atom is 0.186 e. The van der Waals surface area contributed by atoms with E-state index in [9.17, 15) is 0 Å². The topological polar surface area (TPSA) is 42.2 Å². The Balaban J connectivity index is 2.65. The summed E-state index contributed by atoms with van der Waals surface area (Å²) in [6.45, 7) is 7.49. The Labute approximate surface area is 80.8 Å². The molecule has 1 rings (SSSR count).